The second kappa shape index (κ2) is 6.05. The molecule has 2 rings (SSSR count). The highest BCUT2D eigenvalue weighted by Gasteiger charge is 2.12. The van der Waals surface area contributed by atoms with Crippen molar-refractivity contribution >= 4 is 27.0 Å². The van der Waals surface area contributed by atoms with E-state index in [9.17, 15) is 8.42 Å². The van der Waals surface area contributed by atoms with Crippen LogP contribution in [0, 0.1) is 13.8 Å². The van der Waals surface area contributed by atoms with Crippen LogP contribution in [0.15, 0.2) is 29.2 Å². The lowest BCUT2D eigenvalue weighted by Crippen LogP contribution is -2.13. The monoisotopic (exact) mass is 326 g/mol. The number of nitrogens with one attached hydrogen (secondary N) is 1. The summed E-state index contributed by atoms with van der Waals surface area (Å²) in [6, 6.07) is 6.62. The third-order valence-corrected chi connectivity index (χ3v) is 5.03. The lowest BCUT2D eigenvalue weighted by Gasteiger charge is -2.12. The van der Waals surface area contributed by atoms with Crippen LogP contribution in [0.2, 0.25) is 0 Å². The maximum absolute atomic E-state index is 11.4. The standard InChI is InChI=1S/C14H18N2O3S2/c1-9-6-11(10(2)20-9)8-16-13-7-12(21(15,17)18)4-5-14(13)19-3/h4-7,16H,8H2,1-3H3,(H2,15,17,18). The smallest absolute Gasteiger partial charge is 0.238 e. The van der Waals surface area contributed by atoms with Crippen molar-refractivity contribution in [1.29, 1.82) is 0 Å². The van der Waals surface area contributed by atoms with Crippen LogP contribution < -0.4 is 15.2 Å². The average molecular weight is 326 g/mol. The molecule has 0 amide bonds. The Bertz CT molecular complexity index is 752. The average Bonchev–Trinajstić information content (AvgIpc) is 2.73. The molecule has 3 N–H and O–H groups in total. The van der Waals surface area contributed by atoms with E-state index in [1.807, 2.05) is 0 Å². The van der Waals surface area contributed by atoms with Crippen molar-refractivity contribution in [2.45, 2.75) is 25.3 Å². The van der Waals surface area contributed by atoms with Gasteiger partial charge in [0.25, 0.3) is 0 Å². The van der Waals surface area contributed by atoms with E-state index in [0.29, 0.717) is 18.0 Å². The summed E-state index contributed by atoms with van der Waals surface area (Å²) < 4.78 is 28.1. The first kappa shape index (κ1) is 15.8. The van der Waals surface area contributed by atoms with Crippen LogP contribution in [0.1, 0.15) is 15.3 Å². The topological polar surface area (TPSA) is 81.4 Å². The van der Waals surface area contributed by atoms with Gasteiger partial charge in [0.1, 0.15) is 5.75 Å². The number of sulfonamides is 1. The van der Waals surface area contributed by atoms with Crippen molar-refractivity contribution in [3.8, 4) is 5.75 Å². The molecule has 7 heteroatoms. The molecule has 0 fully saturated rings. The van der Waals surface area contributed by atoms with E-state index in [1.165, 1.54) is 34.6 Å². The fourth-order valence-electron chi connectivity index (χ4n) is 2.05. The Morgan fingerprint density at radius 3 is 2.52 bits per heavy atom. The van der Waals surface area contributed by atoms with E-state index in [-0.39, 0.29) is 4.90 Å². The van der Waals surface area contributed by atoms with Crippen LogP contribution in [-0.2, 0) is 16.6 Å². The molecule has 0 atom stereocenters. The molecule has 114 valence electrons. The number of rotatable bonds is 5. The second-order valence-electron chi connectivity index (χ2n) is 4.70. The van der Waals surface area contributed by atoms with Gasteiger partial charge in [-0.3, -0.25) is 0 Å². The zero-order chi connectivity index (χ0) is 15.6. The number of aryl methyl sites for hydroxylation is 2. The number of nitrogens with two attached hydrogens (primary N) is 1. The first-order chi connectivity index (χ1) is 9.81. The molecule has 0 aliphatic rings. The Morgan fingerprint density at radius 2 is 2.00 bits per heavy atom. The van der Waals surface area contributed by atoms with Crippen LogP contribution >= 0.6 is 11.3 Å². The predicted molar refractivity (Wildman–Crippen MR) is 85.5 cm³/mol. The first-order valence-corrected chi connectivity index (χ1v) is 8.68. The van der Waals surface area contributed by atoms with Gasteiger partial charge in [-0.2, -0.15) is 0 Å². The highest BCUT2D eigenvalue weighted by Crippen LogP contribution is 2.28. The van der Waals surface area contributed by atoms with E-state index in [0.717, 1.165) is 0 Å². The molecule has 5 nitrogen and oxygen atoms in total. The van der Waals surface area contributed by atoms with Gasteiger partial charge < -0.3 is 10.1 Å². The molecule has 1 aromatic carbocycles. The Morgan fingerprint density at radius 1 is 1.29 bits per heavy atom. The Kier molecular flexibility index (Phi) is 4.55. The maximum atomic E-state index is 11.4. The molecule has 1 aromatic heterocycles. The highest BCUT2D eigenvalue weighted by molar-refractivity contribution is 7.89. The van der Waals surface area contributed by atoms with E-state index in [2.05, 4.69) is 25.2 Å². The van der Waals surface area contributed by atoms with Gasteiger partial charge >= 0.3 is 0 Å². The number of anilines is 1. The third-order valence-electron chi connectivity index (χ3n) is 3.11. The summed E-state index contributed by atoms with van der Waals surface area (Å²) in [7, 11) is -2.19. The van der Waals surface area contributed by atoms with Crippen molar-refractivity contribution in [3.05, 3.63) is 39.6 Å². The number of hydrogen-bond acceptors (Lipinski definition) is 5. The van der Waals surface area contributed by atoms with Crippen LogP contribution in [0.25, 0.3) is 0 Å². The lowest BCUT2D eigenvalue weighted by atomic mass is 10.2. The molecule has 0 saturated heterocycles. The van der Waals surface area contributed by atoms with E-state index in [1.54, 1.807) is 17.4 Å². The quantitative estimate of drug-likeness (QED) is 0.885. The van der Waals surface area contributed by atoms with E-state index in [4.69, 9.17) is 9.88 Å². The number of primary sulfonamides is 1. The van der Waals surface area contributed by atoms with Crippen LogP contribution in [-0.4, -0.2) is 15.5 Å². The van der Waals surface area contributed by atoms with Crippen molar-refractivity contribution in [1.82, 2.24) is 0 Å². The molecule has 0 aliphatic heterocycles. The van der Waals surface area contributed by atoms with E-state index >= 15 is 0 Å². The summed E-state index contributed by atoms with van der Waals surface area (Å²) in [6.45, 7) is 4.72. The number of methoxy groups -OCH3 is 1. The molecular formula is C14H18N2O3S2. The minimum atomic E-state index is -3.73. The molecule has 0 radical (unpaired) electrons. The summed E-state index contributed by atoms with van der Waals surface area (Å²) >= 11 is 1.73. The molecule has 0 spiro atoms. The number of hydrogen-bond donors (Lipinski definition) is 2. The highest BCUT2D eigenvalue weighted by atomic mass is 32.2. The Labute approximate surface area is 128 Å². The van der Waals surface area contributed by atoms with Gasteiger partial charge in [-0.25, -0.2) is 13.6 Å². The molecule has 0 saturated carbocycles. The fourth-order valence-corrected chi connectivity index (χ4v) is 3.54. The van der Waals surface area contributed by atoms with Gasteiger partial charge in [0.05, 0.1) is 17.7 Å². The van der Waals surface area contributed by atoms with E-state index < -0.39 is 10.0 Å². The largest absolute Gasteiger partial charge is 0.495 e. The number of ether oxygens (including phenoxy) is 1. The van der Waals surface area contributed by atoms with Gasteiger partial charge in [-0.1, -0.05) is 0 Å². The predicted octanol–water partition coefficient (Wildman–Crippen LogP) is 2.63. The second-order valence-corrected chi connectivity index (χ2v) is 7.72. The summed E-state index contributed by atoms with van der Waals surface area (Å²) in [5.74, 6) is 0.576. The summed E-state index contributed by atoms with van der Waals surface area (Å²) in [4.78, 5) is 2.54. The van der Waals surface area contributed by atoms with Gasteiger partial charge in [0.15, 0.2) is 0 Å². The van der Waals surface area contributed by atoms with Crippen molar-refractivity contribution in [2.24, 2.45) is 5.14 Å². The Hall–Kier alpha value is -1.57. The SMILES string of the molecule is COc1ccc(S(N)(=O)=O)cc1NCc1cc(C)sc1C. The molecule has 2 aromatic rings. The van der Waals surface area contributed by atoms with Gasteiger partial charge in [-0.05, 0) is 43.7 Å². The molecule has 1 heterocycles. The van der Waals surface area contributed by atoms with Gasteiger partial charge in [0, 0.05) is 16.3 Å². The van der Waals surface area contributed by atoms with Gasteiger partial charge in [0.2, 0.25) is 10.0 Å². The minimum absolute atomic E-state index is 0.0593. The lowest BCUT2D eigenvalue weighted by molar-refractivity contribution is 0.416. The van der Waals surface area contributed by atoms with Crippen molar-refractivity contribution in [2.75, 3.05) is 12.4 Å². The number of thiophene rings is 1. The molecule has 0 bridgehead atoms. The zero-order valence-electron chi connectivity index (χ0n) is 12.1. The normalized spacial score (nSPS) is 11.4. The summed E-state index contributed by atoms with van der Waals surface area (Å²) in [5.41, 5.74) is 1.79. The molecular weight excluding hydrogens is 308 g/mol. The minimum Gasteiger partial charge on any atom is -0.495 e. The summed E-state index contributed by atoms with van der Waals surface area (Å²) in [5, 5.41) is 8.37. The van der Waals surface area contributed by atoms with Crippen LogP contribution in [0.4, 0.5) is 5.69 Å². The van der Waals surface area contributed by atoms with Crippen LogP contribution in [0.5, 0.6) is 5.75 Å². The van der Waals surface area contributed by atoms with Gasteiger partial charge in [-0.15, -0.1) is 11.3 Å². The molecule has 0 unspecified atom stereocenters. The van der Waals surface area contributed by atoms with Crippen molar-refractivity contribution < 1.29 is 13.2 Å². The molecule has 0 aliphatic carbocycles. The zero-order valence-corrected chi connectivity index (χ0v) is 13.8. The number of benzene rings is 1. The molecule has 21 heavy (non-hydrogen) atoms. The first-order valence-electron chi connectivity index (χ1n) is 6.32. The van der Waals surface area contributed by atoms with Crippen molar-refractivity contribution in [3.63, 3.8) is 0 Å². The fraction of sp³-hybridized carbons (Fsp3) is 0.286. The third kappa shape index (κ3) is 3.75. The Balaban J connectivity index is 2.27. The summed E-state index contributed by atoms with van der Waals surface area (Å²) in [6.07, 6.45) is 0. The maximum Gasteiger partial charge on any atom is 0.238 e. The van der Waals surface area contributed by atoms with Crippen LogP contribution in [0.3, 0.4) is 0 Å².